The molecule has 6 nitrogen and oxygen atoms in total. The standard InChI is InChI=1S/C21H20ClN3O3/c22-18-12-17(16-2-4-19(5-3-16)25-7-1-6-23-25)13-20(14-18)28-15-21(26)24-8-10-27-11-9-24/h1-7,12-14H,8-11,15H2. The van der Waals surface area contributed by atoms with Crippen molar-refractivity contribution in [3.8, 4) is 22.6 Å². The van der Waals surface area contributed by atoms with Crippen molar-refractivity contribution >= 4 is 17.5 Å². The maximum absolute atomic E-state index is 12.3. The smallest absolute Gasteiger partial charge is 0.260 e. The van der Waals surface area contributed by atoms with E-state index < -0.39 is 0 Å². The average Bonchev–Trinajstić information content (AvgIpc) is 3.27. The third-order valence-electron chi connectivity index (χ3n) is 4.57. The van der Waals surface area contributed by atoms with Crippen LogP contribution in [0.1, 0.15) is 0 Å². The summed E-state index contributed by atoms with van der Waals surface area (Å²) in [7, 11) is 0. The van der Waals surface area contributed by atoms with E-state index in [9.17, 15) is 4.79 Å². The molecular weight excluding hydrogens is 378 g/mol. The zero-order chi connectivity index (χ0) is 19.3. The molecule has 2 aromatic carbocycles. The van der Waals surface area contributed by atoms with Crippen molar-refractivity contribution in [2.24, 2.45) is 0 Å². The van der Waals surface area contributed by atoms with Gasteiger partial charge in [0.05, 0.1) is 18.9 Å². The molecule has 1 amide bonds. The highest BCUT2D eigenvalue weighted by atomic mass is 35.5. The lowest BCUT2D eigenvalue weighted by atomic mass is 10.1. The van der Waals surface area contributed by atoms with Gasteiger partial charge in [0.2, 0.25) is 0 Å². The van der Waals surface area contributed by atoms with Crippen LogP contribution in [0.4, 0.5) is 0 Å². The van der Waals surface area contributed by atoms with E-state index in [-0.39, 0.29) is 12.5 Å². The first-order valence-corrected chi connectivity index (χ1v) is 9.46. The van der Waals surface area contributed by atoms with Crippen LogP contribution in [0.3, 0.4) is 0 Å². The molecule has 1 aliphatic heterocycles. The van der Waals surface area contributed by atoms with Crippen molar-refractivity contribution in [1.29, 1.82) is 0 Å². The second-order valence-electron chi connectivity index (χ2n) is 6.45. The summed E-state index contributed by atoms with van der Waals surface area (Å²) >= 11 is 6.27. The number of benzene rings is 2. The van der Waals surface area contributed by atoms with Gasteiger partial charge in [-0.3, -0.25) is 4.79 Å². The minimum Gasteiger partial charge on any atom is -0.484 e. The molecule has 28 heavy (non-hydrogen) atoms. The van der Waals surface area contributed by atoms with Crippen molar-refractivity contribution in [3.05, 3.63) is 65.9 Å². The van der Waals surface area contributed by atoms with E-state index in [1.165, 1.54) is 0 Å². The summed E-state index contributed by atoms with van der Waals surface area (Å²) in [5.74, 6) is 0.522. The molecule has 1 aliphatic rings. The monoisotopic (exact) mass is 397 g/mol. The number of carbonyl (C=O) groups excluding carboxylic acids is 1. The van der Waals surface area contributed by atoms with Crippen LogP contribution in [0.15, 0.2) is 60.9 Å². The van der Waals surface area contributed by atoms with Crippen molar-refractivity contribution in [1.82, 2.24) is 14.7 Å². The van der Waals surface area contributed by atoms with E-state index in [2.05, 4.69) is 5.10 Å². The van der Waals surface area contributed by atoms with Crippen molar-refractivity contribution < 1.29 is 14.3 Å². The number of aromatic nitrogens is 2. The predicted molar refractivity (Wildman–Crippen MR) is 107 cm³/mol. The van der Waals surface area contributed by atoms with E-state index in [0.717, 1.165) is 16.8 Å². The van der Waals surface area contributed by atoms with Crippen LogP contribution in [0.2, 0.25) is 5.02 Å². The van der Waals surface area contributed by atoms with Crippen LogP contribution < -0.4 is 4.74 Å². The third kappa shape index (κ3) is 4.35. The van der Waals surface area contributed by atoms with Gasteiger partial charge in [-0.05, 0) is 47.5 Å². The number of ether oxygens (including phenoxy) is 2. The van der Waals surface area contributed by atoms with Gasteiger partial charge in [-0.15, -0.1) is 0 Å². The average molecular weight is 398 g/mol. The quantitative estimate of drug-likeness (QED) is 0.661. The van der Waals surface area contributed by atoms with Gasteiger partial charge < -0.3 is 14.4 Å². The van der Waals surface area contributed by atoms with E-state index in [0.29, 0.717) is 37.1 Å². The second-order valence-corrected chi connectivity index (χ2v) is 6.89. The Morgan fingerprint density at radius 2 is 1.89 bits per heavy atom. The van der Waals surface area contributed by atoms with Crippen molar-refractivity contribution in [2.75, 3.05) is 32.9 Å². The fourth-order valence-electron chi connectivity index (χ4n) is 3.09. The molecule has 1 aromatic heterocycles. The molecular formula is C21H20ClN3O3. The molecule has 0 radical (unpaired) electrons. The van der Waals surface area contributed by atoms with Crippen LogP contribution >= 0.6 is 11.6 Å². The lowest BCUT2D eigenvalue weighted by molar-refractivity contribution is -0.137. The molecule has 0 aliphatic carbocycles. The summed E-state index contributed by atoms with van der Waals surface area (Å²) in [4.78, 5) is 14.0. The van der Waals surface area contributed by atoms with Crippen LogP contribution in [0.25, 0.3) is 16.8 Å². The second kappa shape index (κ2) is 8.46. The van der Waals surface area contributed by atoms with Crippen LogP contribution in [-0.4, -0.2) is 53.5 Å². The zero-order valence-electron chi connectivity index (χ0n) is 15.3. The minimum absolute atomic E-state index is 0.0159. The number of amides is 1. The Morgan fingerprint density at radius 3 is 2.61 bits per heavy atom. The topological polar surface area (TPSA) is 56.6 Å². The fraction of sp³-hybridized carbons (Fsp3) is 0.238. The highest BCUT2D eigenvalue weighted by Gasteiger charge is 2.17. The summed E-state index contributed by atoms with van der Waals surface area (Å²) in [5.41, 5.74) is 2.90. The first-order chi connectivity index (χ1) is 13.7. The molecule has 1 saturated heterocycles. The largest absolute Gasteiger partial charge is 0.484 e. The highest BCUT2D eigenvalue weighted by Crippen LogP contribution is 2.29. The number of rotatable bonds is 5. The Kier molecular flexibility index (Phi) is 5.60. The molecule has 4 rings (SSSR count). The Labute approximate surface area is 168 Å². The number of hydrogen-bond donors (Lipinski definition) is 0. The number of halogens is 1. The van der Waals surface area contributed by atoms with Gasteiger partial charge in [0.1, 0.15) is 5.75 Å². The molecule has 2 heterocycles. The zero-order valence-corrected chi connectivity index (χ0v) is 16.0. The van der Waals surface area contributed by atoms with E-state index in [4.69, 9.17) is 21.1 Å². The van der Waals surface area contributed by atoms with Crippen molar-refractivity contribution in [3.63, 3.8) is 0 Å². The van der Waals surface area contributed by atoms with E-state index in [1.807, 2.05) is 48.7 Å². The number of morpholine rings is 1. The molecule has 0 bridgehead atoms. The van der Waals surface area contributed by atoms with Gasteiger partial charge in [0.15, 0.2) is 6.61 Å². The summed E-state index contributed by atoms with van der Waals surface area (Å²) < 4.78 is 12.8. The Morgan fingerprint density at radius 1 is 1.11 bits per heavy atom. The first kappa shape index (κ1) is 18.5. The lowest BCUT2D eigenvalue weighted by Crippen LogP contribution is -2.42. The highest BCUT2D eigenvalue weighted by molar-refractivity contribution is 6.31. The molecule has 144 valence electrons. The van der Waals surface area contributed by atoms with E-state index in [1.54, 1.807) is 21.8 Å². The molecule has 0 N–H and O–H groups in total. The maximum atomic E-state index is 12.3. The SMILES string of the molecule is O=C(COc1cc(Cl)cc(-c2ccc(-n3cccn3)cc2)c1)N1CCOCC1. The minimum atomic E-state index is -0.0478. The Bertz CT molecular complexity index is 936. The van der Waals surface area contributed by atoms with Gasteiger partial charge >= 0.3 is 0 Å². The number of carbonyl (C=O) groups is 1. The predicted octanol–water partition coefficient (Wildman–Crippen LogP) is 3.43. The lowest BCUT2D eigenvalue weighted by Gasteiger charge is -2.26. The first-order valence-electron chi connectivity index (χ1n) is 9.08. The number of hydrogen-bond acceptors (Lipinski definition) is 4. The van der Waals surface area contributed by atoms with Crippen LogP contribution in [-0.2, 0) is 9.53 Å². The molecule has 7 heteroatoms. The van der Waals surface area contributed by atoms with E-state index >= 15 is 0 Å². The molecule has 0 unspecified atom stereocenters. The molecule has 1 fully saturated rings. The fourth-order valence-corrected chi connectivity index (χ4v) is 3.32. The van der Waals surface area contributed by atoms with Gasteiger partial charge in [-0.1, -0.05) is 23.7 Å². The summed E-state index contributed by atoms with van der Waals surface area (Å²) in [6.45, 7) is 2.33. The summed E-state index contributed by atoms with van der Waals surface area (Å²) in [6.07, 6.45) is 3.64. The van der Waals surface area contributed by atoms with Crippen LogP contribution in [0, 0.1) is 0 Å². The maximum Gasteiger partial charge on any atom is 0.260 e. The molecule has 0 saturated carbocycles. The molecule has 0 atom stereocenters. The van der Waals surface area contributed by atoms with Gasteiger partial charge in [-0.2, -0.15) is 5.10 Å². The Balaban J connectivity index is 1.46. The number of nitrogens with zero attached hydrogens (tertiary/aromatic N) is 3. The normalized spacial score (nSPS) is 14.1. The van der Waals surface area contributed by atoms with Gasteiger partial charge in [-0.25, -0.2) is 4.68 Å². The summed E-state index contributed by atoms with van der Waals surface area (Å²) in [5, 5.41) is 4.79. The molecule has 0 spiro atoms. The molecule has 3 aromatic rings. The Hall–Kier alpha value is -2.83. The van der Waals surface area contributed by atoms with Crippen LogP contribution in [0.5, 0.6) is 5.75 Å². The van der Waals surface area contributed by atoms with Gasteiger partial charge in [0, 0.05) is 30.5 Å². The van der Waals surface area contributed by atoms with Crippen molar-refractivity contribution in [2.45, 2.75) is 0 Å². The third-order valence-corrected chi connectivity index (χ3v) is 4.79. The summed E-state index contributed by atoms with van der Waals surface area (Å²) in [6, 6.07) is 15.4. The van der Waals surface area contributed by atoms with Gasteiger partial charge in [0.25, 0.3) is 5.91 Å².